The van der Waals surface area contributed by atoms with Crippen molar-refractivity contribution in [2.24, 2.45) is 15.7 Å². The van der Waals surface area contributed by atoms with Crippen LogP contribution in [0.3, 0.4) is 0 Å². The van der Waals surface area contributed by atoms with Gasteiger partial charge in [-0.05, 0) is 55.8 Å². The summed E-state index contributed by atoms with van der Waals surface area (Å²) in [5.74, 6) is 0.981. The first-order valence-electron chi connectivity index (χ1n) is 17.6. The van der Waals surface area contributed by atoms with Crippen LogP contribution in [0.1, 0.15) is 25.0 Å². The van der Waals surface area contributed by atoms with Crippen LogP contribution in [0, 0.1) is 0 Å². The fraction of sp³-hybridized carbons (Fsp3) is 0.0638. The molecule has 0 bridgehead atoms. The van der Waals surface area contributed by atoms with Crippen molar-refractivity contribution >= 4 is 76.0 Å². The number of nitrogens with zero attached hydrogens (tertiary/aromatic N) is 4. The zero-order chi connectivity index (χ0) is 36.7. The summed E-state index contributed by atoms with van der Waals surface area (Å²) in [5, 5.41) is 5.86. The fourth-order valence-corrected chi connectivity index (χ4v) is 7.88. The third kappa shape index (κ3) is 6.93. The smallest absolute Gasteiger partial charge is 0.207 e. The molecule has 53 heavy (non-hydrogen) atoms. The molecule has 6 aromatic carbocycles. The summed E-state index contributed by atoms with van der Waals surface area (Å²) < 4.78 is 6.83. The van der Waals surface area contributed by atoms with E-state index in [-0.39, 0.29) is 0 Å². The minimum atomic E-state index is 0.382. The van der Waals surface area contributed by atoms with Crippen LogP contribution in [0.15, 0.2) is 187 Å². The van der Waals surface area contributed by atoms with Crippen molar-refractivity contribution in [3.63, 3.8) is 0 Å². The van der Waals surface area contributed by atoms with Gasteiger partial charge >= 0.3 is 0 Å². The van der Waals surface area contributed by atoms with Crippen LogP contribution in [0.4, 0.5) is 0 Å². The Bertz CT molecular complexity index is 2740. The van der Waals surface area contributed by atoms with Crippen molar-refractivity contribution in [3.05, 3.63) is 188 Å². The lowest BCUT2D eigenvalue weighted by atomic mass is 10.1. The van der Waals surface area contributed by atoms with Gasteiger partial charge in [0.1, 0.15) is 0 Å². The number of rotatable bonds is 4. The molecule has 3 aromatic heterocycles. The minimum Gasteiger partial charge on any atom is -0.369 e. The Hall–Kier alpha value is -6.50. The van der Waals surface area contributed by atoms with Gasteiger partial charge in [0.2, 0.25) is 5.96 Å². The molecule has 0 radical (unpaired) electrons. The first-order chi connectivity index (χ1) is 26.1. The molecule has 0 aliphatic heterocycles. The third-order valence-electron chi connectivity index (χ3n) is 8.85. The van der Waals surface area contributed by atoms with Crippen molar-refractivity contribution in [2.75, 3.05) is 0 Å². The van der Waals surface area contributed by atoms with Crippen LogP contribution in [0.25, 0.3) is 58.6 Å². The molecular weight excluding hydrogens is 667 g/mol. The summed E-state index contributed by atoms with van der Waals surface area (Å²) in [4.78, 5) is 10.1. The maximum atomic E-state index is 7.14. The summed E-state index contributed by atoms with van der Waals surface area (Å²) in [6.45, 7) is 11.0. The highest BCUT2D eigenvalue weighted by Crippen LogP contribution is 2.42. The molecule has 0 aliphatic rings. The molecule has 0 amide bonds. The van der Waals surface area contributed by atoms with Crippen LogP contribution in [-0.2, 0) is 6.54 Å². The number of para-hydroxylation sites is 1. The normalized spacial score (nSPS) is 11.7. The number of benzene rings is 6. The number of allylic oxidation sites excluding steroid dienone is 2. The van der Waals surface area contributed by atoms with E-state index in [4.69, 9.17) is 15.7 Å². The second kappa shape index (κ2) is 15.8. The third-order valence-corrected chi connectivity index (χ3v) is 10.0. The summed E-state index contributed by atoms with van der Waals surface area (Å²) in [6, 6.07) is 50.6. The number of hydrogen-bond acceptors (Lipinski definition) is 2. The number of nitrogens with two attached hydrogens (primary N) is 1. The number of aliphatic imine (C=N–C) groups is 2. The molecule has 0 unspecified atom stereocenters. The fourth-order valence-electron chi connectivity index (χ4n) is 6.64. The van der Waals surface area contributed by atoms with E-state index in [2.05, 4.69) is 119 Å². The van der Waals surface area contributed by atoms with E-state index >= 15 is 0 Å². The molecule has 6 heteroatoms. The first kappa shape index (κ1) is 34.9. The standard InChI is InChI=1S/C41H29N5S.2C3H6/c42-41(44-40(28-14-6-2-7-15-28)43-26-27-12-4-1-5-13-27)46-36-24-29-22-23-45(30-16-8-3-9-17-30)35(29)25-34(36)32-20-21-33-31-18-10-11-19-37(31)47-39(33)38(32)46;2*1-3-2/h1-25H,26H2,(H2,42,43,44);2*3H,1H2,2H3. The van der Waals surface area contributed by atoms with Gasteiger partial charge in [-0.3, -0.25) is 9.56 Å². The van der Waals surface area contributed by atoms with Crippen molar-refractivity contribution in [1.82, 2.24) is 9.13 Å². The van der Waals surface area contributed by atoms with E-state index < -0.39 is 0 Å². The monoisotopic (exact) mass is 707 g/mol. The number of aromatic nitrogens is 2. The van der Waals surface area contributed by atoms with Crippen LogP contribution < -0.4 is 5.73 Å². The van der Waals surface area contributed by atoms with Crippen LogP contribution in [-0.4, -0.2) is 20.9 Å². The van der Waals surface area contributed by atoms with E-state index in [1.54, 1.807) is 23.5 Å². The molecule has 2 N–H and O–H groups in total. The highest BCUT2D eigenvalue weighted by Gasteiger charge is 2.20. The molecule has 0 saturated heterocycles. The van der Waals surface area contributed by atoms with E-state index in [1.165, 1.54) is 20.2 Å². The van der Waals surface area contributed by atoms with Gasteiger partial charge in [-0.15, -0.1) is 24.5 Å². The Kier molecular flexibility index (Phi) is 10.4. The van der Waals surface area contributed by atoms with Gasteiger partial charge in [-0.1, -0.05) is 121 Å². The average Bonchev–Trinajstić information content (AvgIpc) is 3.89. The zero-order valence-corrected chi connectivity index (χ0v) is 30.8. The van der Waals surface area contributed by atoms with Gasteiger partial charge in [0, 0.05) is 49.1 Å². The Morgan fingerprint density at radius 2 is 1.30 bits per heavy atom. The number of amidine groups is 1. The second-order valence-electron chi connectivity index (χ2n) is 12.5. The second-order valence-corrected chi connectivity index (χ2v) is 13.6. The maximum Gasteiger partial charge on any atom is 0.207 e. The molecule has 0 aliphatic carbocycles. The Morgan fingerprint density at radius 3 is 2.02 bits per heavy atom. The average molecular weight is 708 g/mol. The quantitative estimate of drug-likeness (QED) is 0.110. The van der Waals surface area contributed by atoms with Crippen LogP contribution in [0.2, 0.25) is 0 Å². The summed E-state index contributed by atoms with van der Waals surface area (Å²) in [6.07, 6.45) is 5.64. The molecule has 3 heterocycles. The molecule has 5 nitrogen and oxygen atoms in total. The number of hydrogen-bond donors (Lipinski definition) is 1. The molecule has 0 atom stereocenters. The Labute approximate surface area is 314 Å². The van der Waals surface area contributed by atoms with E-state index in [9.17, 15) is 0 Å². The largest absolute Gasteiger partial charge is 0.369 e. The molecule has 0 spiro atoms. The van der Waals surface area contributed by atoms with Crippen molar-refractivity contribution < 1.29 is 0 Å². The van der Waals surface area contributed by atoms with Gasteiger partial charge in [0.15, 0.2) is 5.84 Å². The maximum absolute atomic E-state index is 7.14. The van der Waals surface area contributed by atoms with Crippen molar-refractivity contribution in [3.8, 4) is 5.69 Å². The molecule has 9 rings (SSSR count). The summed E-state index contributed by atoms with van der Waals surface area (Å²) in [5.41, 5.74) is 13.5. The van der Waals surface area contributed by atoms with Crippen LogP contribution in [0.5, 0.6) is 0 Å². The number of fused-ring (bicyclic) bond motifs is 8. The van der Waals surface area contributed by atoms with Crippen molar-refractivity contribution in [1.29, 1.82) is 0 Å². The number of thiophene rings is 1. The molecule has 260 valence electrons. The predicted molar refractivity (Wildman–Crippen MR) is 231 cm³/mol. The first-order valence-corrected chi connectivity index (χ1v) is 18.4. The van der Waals surface area contributed by atoms with Gasteiger partial charge in [0.05, 0.1) is 27.8 Å². The van der Waals surface area contributed by atoms with E-state index in [0.29, 0.717) is 18.3 Å². The SMILES string of the molecule is C=CC.C=CC.NC(=NC(=NCc1ccccc1)c1ccccc1)n1c2cc3ccn(-c4ccccc4)c3cc2c2ccc3c4ccccc4sc3c21. The topological polar surface area (TPSA) is 60.6 Å². The van der Waals surface area contributed by atoms with Gasteiger partial charge in [0.25, 0.3) is 0 Å². The van der Waals surface area contributed by atoms with Gasteiger partial charge in [-0.2, -0.15) is 4.99 Å². The van der Waals surface area contributed by atoms with Gasteiger partial charge in [-0.25, -0.2) is 0 Å². The van der Waals surface area contributed by atoms with Crippen molar-refractivity contribution in [2.45, 2.75) is 20.4 Å². The zero-order valence-electron chi connectivity index (χ0n) is 30.0. The minimum absolute atomic E-state index is 0.382. The summed E-state index contributed by atoms with van der Waals surface area (Å²) >= 11 is 1.80. The Morgan fingerprint density at radius 1 is 0.679 bits per heavy atom. The molecule has 9 aromatic rings. The lowest BCUT2D eigenvalue weighted by Crippen LogP contribution is -2.24. The Balaban J connectivity index is 0.000000682. The summed E-state index contributed by atoms with van der Waals surface area (Å²) in [7, 11) is 0. The molecule has 0 fully saturated rings. The van der Waals surface area contributed by atoms with Gasteiger partial charge < -0.3 is 10.3 Å². The predicted octanol–water partition coefficient (Wildman–Crippen LogP) is 12.3. The van der Waals surface area contributed by atoms with E-state index in [0.717, 1.165) is 49.5 Å². The van der Waals surface area contributed by atoms with E-state index in [1.807, 2.05) is 68.4 Å². The highest BCUT2D eigenvalue weighted by molar-refractivity contribution is 7.26. The highest BCUT2D eigenvalue weighted by atomic mass is 32.1. The lowest BCUT2D eigenvalue weighted by molar-refractivity contribution is 1.06. The van der Waals surface area contributed by atoms with Crippen LogP contribution >= 0.6 is 11.3 Å². The lowest BCUT2D eigenvalue weighted by Gasteiger charge is -2.10. The molecular formula is C47H41N5S. The molecule has 0 saturated carbocycles.